The molecule has 0 saturated heterocycles. The minimum Gasteiger partial charge on any atom is -0.313 e. The molecule has 1 aliphatic rings. The van der Waals surface area contributed by atoms with Crippen molar-refractivity contribution in [2.45, 2.75) is 25.8 Å². The first-order chi connectivity index (χ1) is 13.6. The molecule has 3 heterocycles. The Kier molecular flexibility index (Phi) is 3.80. The first-order valence-electron chi connectivity index (χ1n) is 9.39. The molecule has 0 bridgehead atoms. The highest BCUT2D eigenvalue weighted by Crippen LogP contribution is 2.39. The summed E-state index contributed by atoms with van der Waals surface area (Å²) < 4.78 is 17.2. The van der Waals surface area contributed by atoms with Gasteiger partial charge in [0.05, 0.1) is 23.6 Å². The number of nitrogens with one attached hydrogen (secondary N) is 2. The highest BCUT2D eigenvalue weighted by molar-refractivity contribution is 5.94. The second kappa shape index (κ2) is 6.24. The van der Waals surface area contributed by atoms with Gasteiger partial charge in [0.15, 0.2) is 0 Å². The van der Waals surface area contributed by atoms with Crippen LogP contribution in [0.3, 0.4) is 0 Å². The fraction of sp³-hybridized carbons (Fsp3) is 0.286. The maximum absolute atomic E-state index is 15.5. The molecule has 7 heteroatoms. The highest BCUT2D eigenvalue weighted by atomic mass is 19.1. The number of fused-ring (bicyclic) bond motifs is 2. The van der Waals surface area contributed by atoms with Crippen LogP contribution in [0.5, 0.6) is 0 Å². The summed E-state index contributed by atoms with van der Waals surface area (Å²) in [5, 5.41) is 15.8. The van der Waals surface area contributed by atoms with Crippen molar-refractivity contribution in [3.05, 3.63) is 53.2 Å². The number of pyridine rings is 1. The zero-order chi connectivity index (χ0) is 19.4. The van der Waals surface area contributed by atoms with Crippen molar-refractivity contribution in [2.24, 2.45) is 7.05 Å². The standard InChI is InChI=1S/C21H21FN6/c1-11-6-14-13(4-5-16(14)23-2)20(22)19(11)17-7-15-18(9-24-17)26-27-21(15)12-8-25-28(3)10-12/h6-10,16,23H,4-5H2,1-3H3,(H,26,27). The fourth-order valence-corrected chi connectivity index (χ4v) is 4.28. The third-order valence-corrected chi connectivity index (χ3v) is 5.69. The highest BCUT2D eigenvalue weighted by Gasteiger charge is 2.27. The Bertz CT molecular complexity index is 1210. The van der Waals surface area contributed by atoms with Crippen LogP contribution in [0, 0.1) is 12.7 Å². The van der Waals surface area contributed by atoms with Crippen LogP contribution in [0.4, 0.5) is 4.39 Å². The predicted molar refractivity (Wildman–Crippen MR) is 106 cm³/mol. The van der Waals surface area contributed by atoms with E-state index in [0.29, 0.717) is 11.3 Å². The van der Waals surface area contributed by atoms with Gasteiger partial charge in [-0.05, 0) is 49.6 Å². The maximum Gasteiger partial charge on any atom is 0.136 e. The molecule has 0 saturated carbocycles. The Morgan fingerprint density at radius 1 is 1.29 bits per heavy atom. The number of hydrogen-bond acceptors (Lipinski definition) is 4. The van der Waals surface area contributed by atoms with E-state index >= 15 is 4.39 Å². The normalized spacial score (nSPS) is 16.1. The minimum absolute atomic E-state index is 0.147. The van der Waals surface area contributed by atoms with Gasteiger partial charge in [-0.1, -0.05) is 6.07 Å². The van der Waals surface area contributed by atoms with Gasteiger partial charge in [-0.15, -0.1) is 0 Å². The zero-order valence-electron chi connectivity index (χ0n) is 16.0. The molecule has 28 heavy (non-hydrogen) atoms. The van der Waals surface area contributed by atoms with E-state index in [0.717, 1.165) is 51.7 Å². The van der Waals surface area contributed by atoms with Gasteiger partial charge in [-0.25, -0.2) is 4.39 Å². The van der Waals surface area contributed by atoms with Gasteiger partial charge in [-0.3, -0.25) is 14.8 Å². The maximum atomic E-state index is 15.5. The number of aryl methyl sites for hydroxylation is 2. The number of benzene rings is 1. The largest absolute Gasteiger partial charge is 0.313 e. The van der Waals surface area contributed by atoms with Crippen LogP contribution in [-0.2, 0) is 13.5 Å². The molecule has 6 nitrogen and oxygen atoms in total. The van der Waals surface area contributed by atoms with Gasteiger partial charge >= 0.3 is 0 Å². The van der Waals surface area contributed by atoms with Crippen molar-refractivity contribution in [2.75, 3.05) is 7.05 Å². The lowest BCUT2D eigenvalue weighted by atomic mass is 9.95. The molecule has 0 radical (unpaired) electrons. The molecule has 0 amide bonds. The van der Waals surface area contributed by atoms with Crippen molar-refractivity contribution >= 4 is 10.9 Å². The molecular formula is C21H21FN6. The fourth-order valence-electron chi connectivity index (χ4n) is 4.28. The van der Waals surface area contributed by atoms with E-state index in [9.17, 15) is 0 Å². The average Bonchev–Trinajstić information content (AvgIpc) is 3.39. The van der Waals surface area contributed by atoms with Gasteiger partial charge in [0.1, 0.15) is 11.5 Å². The molecule has 1 aliphatic carbocycles. The van der Waals surface area contributed by atoms with E-state index in [-0.39, 0.29) is 11.9 Å². The summed E-state index contributed by atoms with van der Waals surface area (Å²) in [6, 6.07) is 4.24. The summed E-state index contributed by atoms with van der Waals surface area (Å²) in [6.45, 7) is 1.95. The Morgan fingerprint density at radius 3 is 2.89 bits per heavy atom. The van der Waals surface area contributed by atoms with Crippen LogP contribution in [0.15, 0.2) is 30.7 Å². The van der Waals surface area contributed by atoms with Crippen molar-refractivity contribution in [1.82, 2.24) is 30.3 Å². The van der Waals surface area contributed by atoms with Crippen molar-refractivity contribution in [1.29, 1.82) is 0 Å². The summed E-state index contributed by atoms with van der Waals surface area (Å²) in [4.78, 5) is 4.53. The molecule has 2 N–H and O–H groups in total. The molecule has 5 rings (SSSR count). The van der Waals surface area contributed by atoms with Gasteiger partial charge in [0, 0.05) is 35.8 Å². The molecule has 0 spiro atoms. The smallest absolute Gasteiger partial charge is 0.136 e. The second-order valence-corrected chi connectivity index (χ2v) is 7.42. The molecule has 4 aromatic rings. The molecule has 3 aromatic heterocycles. The van der Waals surface area contributed by atoms with E-state index in [1.165, 1.54) is 0 Å². The summed E-state index contributed by atoms with van der Waals surface area (Å²) in [5.74, 6) is -0.147. The second-order valence-electron chi connectivity index (χ2n) is 7.42. The number of H-pyrrole nitrogens is 1. The number of hydrogen-bond donors (Lipinski definition) is 2. The minimum atomic E-state index is -0.147. The van der Waals surface area contributed by atoms with Crippen LogP contribution in [0.1, 0.15) is 29.2 Å². The number of rotatable bonds is 3. The zero-order valence-corrected chi connectivity index (χ0v) is 16.0. The van der Waals surface area contributed by atoms with Crippen LogP contribution in [-0.4, -0.2) is 32.0 Å². The summed E-state index contributed by atoms with van der Waals surface area (Å²) >= 11 is 0. The number of halogens is 1. The van der Waals surface area contributed by atoms with Gasteiger partial charge in [-0.2, -0.15) is 10.2 Å². The Balaban J connectivity index is 1.68. The summed E-state index contributed by atoms with van der Waals surface area (Å²) in [7, 11) is 3.79. The van der Waals surface area contributed by atoms with Gasteiger partial charge in [0.25, 0.3) is 0 Å². The molecule has 1 aromatic carbocycles. The average molecular weight is 376 g/mol. The van der Waals surface area contributed by atoms with E-state index < -0.39 is 0 Å². The van der Waals surface area contributed by atoms with Crippen LogP contribution >= 0.6 is 0 Å². The van der Waals surface area contributed by atoms with Gasteiger partial charge < -0.3 is 5.32 Å². The van der Waals surface area contributed by atoms with Crippen LogP contribution in [0.25, 0.3) is 33.4 Å². The monoisotopic (exact) mass is 376 g/mol. The predicted octanol–water partition coefficient (Wildman–Crippen LogP) is 3.68. The van der Waals surface area contributed by atoms with Crippen molar-refractivity contribution in [3.63, 3.8) is 0 Å². The topological polar surface area (TPSA) is 71.4 Å². The molecular weight excluding hydrogens is 355 g/mol. The van der Waals surface area contributed by atoms with Crippen molar-refractivity contribution < 1.29 is 4.39 Å². The van der Waals surface area contributed by atoms with E-state index in [1.54, 1.807) is 17.1 Å². The molecule has 1 unspecified atom stereocenters. The first-order valence-corrected chi connectivity index (χ1v) is 9.39. The SMILES string of the molecule is CNC1CCc2c1cc(C)c(-c1cc3c(-c4cnn(C)c4)n[nH]c3cn1)c2F. The third-order valence-electron chi connectivity index (χ3n) is 5.69. The lowest BCUT2D eigenvalue weighted by Crippen LogP contribution is -2.13. The molecule has 1 atom stereocenters. The summed E-state index contributed by atoms with van der Waals surface area (Å²) in [5.41, 5.74) is 6.51. The Hall–Kier alpha value is -3.06. The third kappa shape index (κ3) is 2.46. The van der Waals surface area contributed by atoms with E-state index in [2.05, 4.69) is 31.7 Å². The quantitative estimate of drug-likeness (QED) is 0.572. The van der Waals surface area contributed by atoms with Crippen LogP contribution < -0.4 is 5.32 Å². The van der Waals surface area contributed by atoms with E-state index in [4.69, 9.17) is 0 Å². The lowest BCUT2D eigenvalue weighted by Gasteiger charge is -2.15. The molecule has 0 fully saturated rings. The lowest BCUT2D eigenvalue weighted by molar-refractivity contribution is 0.589. The number of nitrogens with zero attached hydrogens (tertiary/aromatic N) is 4. The molecule has 142 valence electrons. The number of aromatic nitrogens is 5. The first kappa shape index (κ1) is 17.1. The molecule has 0 aliphatic heterocycles. The van der Waals surface area contributed by atoms with Gasteiger partial charge in [0.2, 0.25) is 0 Å². The Morgan fingerprint density at radius 2 is 2.14 bits per heavy atom. The van der Waals surface area contributed by atoms with Crippen LogP contribution in [0.2, 0.25) is 0 Å². The van der Waals surface area contributed by atoms with E-state index in [1.807, 2.05) is 33.3 Å². The Labute approximate surface area is 161 Å². The summed E-state index contributed by atoms with van der Waals surface area (Å²) in [6.07, 6.45) is 7.07. The van der Waals surface area contributed by atoms with Crippen molar-refractivity contribution in [3.8, 4) is 22.5 Å². The number of aromatic amines is 1.